The Morgan fingerprint density at radius 2 is 1.41 bits per heavy atom. The Kier molecular flexibility index (Phi) is 3.83. The summed E-state index contributed by atoms with van der Waals surface area (Å²) in [6.45, 7) is 0. The number of hydrogen-bond acceptors (Lipinski definition) is 3. The summed E-state index contributed by atoms with van der Waals surface area (Å²) in [5, 5.41) is 17.6. The summed E-state index contributed by atoms with van der Waals surface area (Å²) in [6.07, 6.45) is 10.4. The van der Waals surface area contributed by atoms with E-state index in [0.29, 0.717) is 12.1 Å². The van der Waals surface area contributed by atoms with Crippen LogP contribution in [0.15, 0.2) is 24.3 Å². The van der Waals surface area contributed by atoms with Gasteiger partial charge in [0.25, 0.3) is 0 Å². The Labute approximate surface area is 131 Å². The molecule has 0 spiro atoms. The van der Waals surface area contributed by atoms with E-state index in [0.717, 1.165) is 11.6 Å². The van der Waals surface area contributed by atoms with E-state index < -0.39 is 0 Å². The van der Waals surface area contributed by atoms with Crippen LogP contribution in [0.4, 0.5) is 11.6 Å². The van der Waals surface area contributed by atoms with Gasteiger partial charge in [0.2, 0.25) is 0 Å². The van der Waals surface area contributed by atoms with Crippen LogP contribution in [0.3, 0.4) is 0 Å². The van der Waals surface area contributed by atoms with Crippen LogP contribution in [-0.2, 0) is 0 Å². The number of nitrogens with one attached hydrogen (secondary N) is 3. The van der Waals surface area contributed by atoms with E-state index >= 15 is 0 Å². The molecule has 1 aromatic heterocycles. The fourth-order valence-electron chi connectivity index (χ4n) is 3.90. The van der Waals surface area contributed by atoms with Crippen molar-refractivity contribution < 1.29 is 5.10 Å². The Hall–Kier alpha value is -1.84. The lowest BCUT2D eigenvalue weighted by Gasteiger charge is -2.14. The highest BCUT2D eigenvalue weighted by Gasteiger charge is 2.23. The zero-order valence-corrected chi connectivity index (χ0v) is 13.1. The normalized spacial score (nSPS) is 19.8. The van der Waals surface area contributed by atoms with Gasteiger partial charge in [0.1, 0.15) is 0 Å². The molecule has 2 fully saturated rings. The van der Waals surface area contributed by atoms with Gasteiger partial charge >= 0.3 is 5.82 Å². The summed E-state index contributed by atoms with van der Waals surface area (Å²) in [5.41, 5.74) is 0. The lowest BCUT2D eigenvalue weighted by atomic mass is 10.1. The molecule has 2 saturated carbocycles. The first-order chi connectivity index (χ1) is 10.9. The predicted molar refractivity (Wildman–Crippen MR) is 90.1 cm³/mol. The van der Waals surface area contributed by atoms with Gasteiger partial charge in [-0.15, -0.1) is 5.10 Å². The highest BCUT2D eigenvalue weighted by molar-refractivity contribution is 5.97. The minimum Gasteiger partial charge on any atom is -0.364 e. The van der Waals surface area contributed by atoms with Gasteiger partial charge in [-0.1, -0.05) is 36.1 Å². The quantitative estimate of drug-likeness (QED) is 0.903. The number of anilines is 2. The monoisotopic (exact) mass is 297 g/mol. The molecule has 4 nitrogen and oxygen atoms in total. The first-order valence-electron chi connectivity index (χ1n) is 8.73. The molecule has 2 aliphatic rings. The van der Waals surface area contributed by atoms with Gasteiger partial charge in [-0.25, -0.2) is 0 Å². The molecule has 0 saturated heterocycles. The van der Waals surface area contributed by atoms with Gasteiger partial charge in [0.05, 0.1) is 11.4 Å². The fraction of sp³-hybridized carbons (Fsp3) is 0.556. The average molecular weight is 297 g/mol. The highest BCUT2D eigenvalue weighted by Crippen LogP contribution is 2.29. The lowest BCUT2D eigenvalue weighted by molar-refractivity contribution is -0.436. The number of nitrogens with zero attached hydrogens (tertiary/aromatic N) is 1. The van der Waals surface area contributed by atoms with Crippen molar-refractivity contribution in [1.82, 2.24) is 5.10 Å². The van der Waals surface area contributed by atoms with Crippen LogP contribution in [0.2, 0.25) is 0 Å². The highest BCUT2D eigenvalue weighted by atomic mass is 15.2. The molecular formula is C18H25N4+. The van der Waals surface area contributed by atoms with Gasteiger partial charge in [-0.3, -0.25) is 5.32 Å². The molecule has 0 unspecified atom stereocenters. The van der Waals surface area contributed by atoms with Crippen molar-refractivity contribution in [2.45, 2.75) is 63.5 Å². The Morgan fingerprint density at radius 1 is 0.818 bits per heavy atom. The van der Waals surface area contributed by atoms with Crippen LogP contribution >= 0.6 is 0 Å². The van der Waals surface area contributed by atoms with Crippen LogP contribution < -0.4 is 15.7 Å². The van der Waals surface area contributed by atoms with Crippen molar-refractivity contribution in [2.24, 2.45) is 0 Å². The van der Waals surface area contributed by atoms with E-state index in [2.05, 4.69) is 45.1 Å². The van der Waals surface area contributed by atoms with Gasteiger partial charge in [-0.05, 0) is 44.6 Å². The number of benzene rings is 1. The zero-order chi connectivity index (χ0) is 14.8. The Morgan fingerprint density at radius 3 is 2.09 bits per heavy atom. The average Bonchev–Trinajstić information content (AvgIpc) is 3.23. The second-order valence-corrected chi connectivity index (χ2v) is 6.74. The summed E-state index contributed by atoms with van der Waals surface area (Å²) >= 11 is 0. The summed E-state index contributed by atoms with van der Waals surface area (Å²) in [4.78, 5) is 0. The number of aromatic amines is 1. The van der Waals surface area contributed by atoms with Gasteiger partial charge in [0, 0.05) is 11.4 Å². The molecule has 1 aromatic carbocycles. The van der Waals surface area contributed by atoms with E-state index in [4.69, 9.17) is 0 Å². The minimum absolute atomic E-state index is 0.581. The third kappa shape index (κ3) is 2.74. The summed E-state index contributed by atoms with van der Waals surface area (Å²) in [6, 6.07) is 9.74. The molecule has 2 aromatic rings. The van der Waals surface area contributed by atoms with E-state index in [-0.39, 0.29) is 0 Å². The first kappa shape index (κ1) is 13.8. The summed E-state index contributed by atoms with van der Waals surface area (Å²) in [5.74, 6) is 2.07. The number of H-pyrrole nitrogens is 1. The molecule has 1 heterocycles. The maximum Gasteiger partial charge on any atom is 0.301 e. The Bertz CT molecular complexity index is 586. The smallest absolute Gasteiger partial charge is 0.301 e. The third-order valence-electron chi connectivity index (χ3n) is 5.13. The van der Waals surface area contributed by atoms with Gasteiger partial charge < -0.3 is 5.32 Å². The van der Waals surface area contributed by atoms with Crippen molar-refractivity contribution in [3.05, 3.63) is 24.3 Å². The molecule has 22 heavy (non-hydrogen) atoms. The largest absolute Gasteiger partial charge is 0.364 e. The van der Waals surface area contributed by atoms with E-state index in [1.54, 1.807) is 0 Å². The van der Waals surface area contributed by atoms with Crippen LogP contribution in [0.25, 0.3) is 10.8 Å². The maximum absolute atomic E-state index is 4.61. The van der Waals surface area contributed by atoms with E-state index in [1.807, 2.05) is 0 Å². The molecular weight excluding hydrogens is 272 g/mol. The van der Waals surface area contributed by atoms with Crippen LogP contribution in [-0.4, -0.2) is 17.2 Å². The molecule has 0 amide bonds. The molecule has 0 bridgehead atoms. The molecule has 4 rings (SSSR count). The van der Waals surface area contributed by atoms with Crippen molar-refractivity contribution in [3.8, 4) is 0 Å². The number of rotatable bonds is 4. The molecule has 0 atom stereocenters. The Balaban J connectivity index is 1.64. The van der Waals surface area contributed by atoms with E-state index in [1.165, 1.54) is 62.1 Å². The summed E-state index contributed by atoms with van der Waals surface area (Å²) < 4.78 is 0. The molecule has 4 heteroatoms. The predicted octanol–water partition coefficient (Wildman–Crippen LogP) is 3.76. The zero-order valence-electron chi connectivity index (χ0n) is 13.1. The lowest BCUT2D eigenvalue weighted by Crippen LogP contribution is -2.26. The maximum atomic E-state index is 4.61. The fourth-order valence-corrected chi connectivity index (χ4v) is 3.90. The molecule has 3 N–H and O–H groups in total. The van der Waals surface area contributed by atoms with Crippen LogP contribution in [0.5, 0.6) is 0 Å². The van der Waals surface area contributed by atoms with E-state index in [9.17, 15) is 0 Å². The minimum atomic E-state index is 0.581. The third-order valence-corrected chi connectivity index (χ3v) is 5.13. The van der Waals surface area contributed by atoms with Crippen molar-refractivity contribution in [1.29, 1.82) is 0 Å². The topological polar surface area (TPSA) is 51.1 Å². The van der Waals surface area contributed by atoms with Crippen molar-refractivity contribution in [2.75, 3.05) is 10.6 Å². The second-order valence-electron chi connectivity index (χ2n) is 6.74. The van der Waals surface area contributed by atoms with Crippen molar-refractivity contribution >= 4 is 22.4 Å². The standard InChI is InChI=1S/C18H24N4/c1-2-8-13(7-1)19-17-15-11-5-6-12-16(15)18(22-21-17)20-14-9-3-4-10-14/h5-6,11-14H,1-4,7-10H2,(H,19,21)(H,20,22)/p+1. The number of fused-ring (bicyclic) bond motifs is 1. The number of hydrogen-bond donors (Lipinski definition) is 2. The first-order valence-corrected chi connectivity index (χ1v) is 8.73. The summed E-state index contributed by atoms with van der Waals surface area (Å²) in [7, 11) is 0. The van der Waals surface area contributed by atoms with Crippen LogP contribution in [0.1, 0.15) is 51.4 Å². The molecule has 0 radical (unpaired) electrons. The number of aromatic nitrogens is 2. The molecule has 0 aliphatic heterocycles. The SMILES string of the molecule is c1ccc2c(NC3CCCC3)[nH+]nc(NC3CCCC3)c2c1. The van der Waals surface area contributed by atoms with Crippen molar-refractivity contribution in [3.63, 3.8) is 0 Å². The van der Waals surface area contributed by atoms with Gasteiger partial charge in [0.15, 0.2) is 5.82 Å². The van der Waals surface area contributed by atoms with Crippen LogP contribution in [0, 0.1) is 0 Å². The molecule has 2 aliphatic carbocycles. The van der Waals surface area contributed by atoms with Gasteiger partial charge in [-0.2, -0.15) is 0 Å². The molecule has 116 valence electrons. The second kappa shape index (κ2) is 6.11.